The summed E-state index contributed by atoms with van der Waals surface area (Å²) in [6.07, 6.45) is 5.91. The van der Waals surface area contributed by atoms with E-state index < -0.39 is 0 Å². The Balaban J connectivity index is 0. The molecule has 0 atom stereocenters. The summed E-state index contributed by atoms with van der Waals surface area (Å²) >= 11 is 7.31. The van der Waals surface area contributed by atoms with E-state index in [4.69, 9.17) is 17.3 Å². The number of hydrogen-bond donors (Lipinski definition) is 1. The monoisotopic (exact) mass is 439 g/mol. The normalized spacial score (nSPS) is 10.3. The molecule has 2 N–H and O–H groups in total. The Morgan fingerprint density at radius 1 is 1.00 bits per heavy atom. The van der Waals surface area contributed by atoms with E-state index in [2.05, 4.69) is 19.1 Å². The van der Waals surface area contributed by atoms with E-state index in [1.807, 2.05) is 39.8 Å². The van der Waals surface area contributed by atoms with Crippen molar-refractivity contribution in [1.29, 1.82) is 0 Å². The lowest BCUT2D eigenvalue weighted by Crippen LogP contribution is -2.08. The maximum absolute atomic E-state index is 10.7. The lowest BCUT2D eigenvalue weighted by atomic mass is 10.1. The van der Waals surface area contributed by atoms with Crippen molar-refractivity contribution in [2.75, 3.05) is 0 Å². The fraction of sp³-hybridized carbons (Fsp3) is 0.500. The number of rotatable bonds is 3. The van der Waals surface area contributed by atoms with Gasteiger partial charge in [-0.3, -0.25) is 4.79 Å². The van der Waals surface area contributed by atoms with Gasteiger partial charge in [-0.05, 0) is 74.9 Å². The molecule has 0 fully saturated rings. The number of nitrogens with two attached hydrogens (primary N) is 1. The average Bonchev–Trinajstić information content (AvgIpc) is 3.34. The van der Waals surface area contributed by atoms with Gasteiger partial charge < -0.3 is 10.5 Å². The largest absolute Gasteiger partial charge is 0.365 e. The molecule has 3 rings (SSSR count). The maximum Gasteiger partial charge on any atom is 0.258 e. The molecule has 1 heterocycles. The lowest BCUT2D eigenvalue weighted by molar-refractivity contribution is -0.115. The van der Waals surface area contributed by atoms with Crippen molar-refractivity contribution in [3.8, 4) is 0 Å². The van der Waals surface area contributed by atoms with Crippen LogP contribution in [-0.2, 0) is 24.1 Å². The number of thiophene rings is 1. The van der Waals surface area contributed by atoms with Gasteiger partial charge >= 0.3 is 0 Å². The number of hydrogen-bond acceptors (Lipinski definition) is 3. The highest BCUT2D eigenvalue weighted by Gasteiger charge is 2.09. The second-order valence-electron chi connectivity index (χ2n) is 6.06. The molecule has 0 saturated heterocycles. The van der Waals surface area contributed by atoms with Crippen LogP contribution in [0.5, 0.6) is 0 Å². The number of ketones is 1. The van der Waals surface area contributed by atoms with Gasteiger partial charge in [0.05, 0.1) is 4.88 Å². The molecule has 2 aromatic rings. The number of halogens is 1. The van der Waals surface area contributed by atoms with E-state index in [9.17, 15) is 9.59 Å². The molecule has 164 valence electrons. The molecule has 0 spiro atoms. The average molecular weight is 440 g/mol. The first-order valence-electron chi connectivity index (χ1n) is 10.5. The predicted molar refractivity (Wildman–Crippen MR) is 129 cm³/mol. The number of primary amides is 1. The number of carbonyl (C=O) groups excluding carboxylic acids is 2. The zero-order valence-electron chi connectivity index (χ0n) is 19.1. The summed E-state index contributed by atoms with van der Waals surface area (Å²) in [6.45, 7) is 13.2. The Morgan fingerprint density at radius 3 is 2.03 bits per heavy atom. The molecule has 1 aliphatic carbocycles. The van der Waals surface area contributed by atoms with E-state index in [-0.39, 0.29) is 11.7 Å². The van der Waals surface area contributed by atoms with Crippen LogP contribution in [0.25, 0.3) is 0 Å². The van der Waals surface area contributed by atoms with Crippen LogP contribution in [0, 0.1) is 0 Å². The zero-order chi connectivity index (χ0) is 22.8. The van der Waals surface area contributed by atoms with Crippen molar-refractivity contribution >= 4 is 34.6 Å². The second kappa shape index (κ2) is 18.4. The molecule has 1 aliphatic rings. The highest BCUT2D eigenvalue weighted by Crippen LogP contribution is 2.24. The van der Waals surface area contributed by atoms with Crippen LogP contribution in [0.15, 0.2) is 30.3 Å². The van der Waals surface area contributed by atoms with E-state index in [0.29, 0.717) is 4.88 Å². The Bertz CT molecular complexity index is 707. The van der Waals surface area contributed by atoms with Gasteiger partial charge in [0, 0.05) is 9.90 Å². The molecule has 3 nitrogen and oxygen atoms in total. The van der Waals surface area contributed by atoms with Crippen molar-refractivity contribution in [2.45, 2.75) is 80.6 Å². The number of Topliss-reactive ketones (excluding diaryl/α,β-unsaturated/α-hetero) is 1. The molecule has 0 bridgehead atoms. The number of aryl methyl sites for hydroxylation is 3. The van der Waals surface area contributed by atoms with Crippen molar-refractivity contribution in [1.82, 2.24) is 0 Å². The third-order valence-electron chi connectivity index (χ3n) is 3.46. The maximum atomic E-state index is 10.7. The van der Waals surface area contributed by atoms with Crippen LogP contribution in [0.3, 0.4) is 0 Å². The van der Waals surface area contributed by atoms with Crippen molar-refractivity contribution in [3.05, 3.63) is 56.2 Å². The summed E-state index contributed by atoms with van der Waals surface area (Å²) in [6, 6.07) is 9.96. The quantitative estimate of drug-likeness (QED) is 0.546. The molecule has 0 aliphatic heterocycles. The molecular formula is C24H38ClNO2S. The topological polar surface area (TPSA) is 60.2 Å². The number of fused-ring (bicyclic) bond motifs is 1. The van der Waals surface area contributed by atoms with Gasteiger partial charge in [-0.25, -0.2) is 0 Å². The summed E-state index contributed by atoms with van der Waals surface area (Å²) in [5.74, 6) is -0.155. The van der Waals surface area contributed by atoms with Crippen LogP contribution < -0.4 is 5.73 Å². The van der Waals surface area contributed by atoms with Gasteiger partial charge in [-0.1, -0.05) is 58.7 Å². The summed E-state index contributed by atoms with van der Waals surface area (Å²) in [5.41, 5.74) is 8.04. The number of carbonyl (C=O) groups is 2. The summed E-state index contributed by atoms with van der Waals surface area (Å²) in [5, 5.41) is 0.876. The van der Waals surface area contributed by atoms with Crippen LogP contribution >= 0.6 is 22.9 Å². The number of amides is 1. The van der Waals surface area contributed by atoms with E-state index >= 15 is 0 Å². The van der Waals surface area contributed by atoms with Gasteiger partial charge in [-0.15, -0.1) is 11.3 Å². The first-order chi connectivity index (χ1) is 13.8. The Kier molecular flexibility index (Phi) is 18.7. The lowest BCUT2D eigenvalue weighted by Gasteiger charge is -1.96. The van der Waals surface area contributed by atoms with E-state index in [1.54, 1.807) is 6.07 Å². The van der Waals surface area contributed by atoms with Crippen LogP contribution in [0.2, 0.25) is 5.02 Å². The molecule has 0 unspecified atom stereocenters. The minimum atomic E-state index is -0.322. The Labute approximate surface area is 186 Å². The van der Waals surface area contributed by atoms with Gasteiger partial charge in [0.1, 0.15) is 5.78 Å². The zero-order valence-corrected chi connectivity index (χ0v) is 20.7. The summed E-state index contributed by atoms with van der Waals surface area (Å²) in [7, 11) is 0. The molecule has 0 saturated carbocycles. The van der Waals surface area contributed by atoms with Crippen molar-refractivity contribution in [3.63, 3.8) is 0 Å². The highest BCUT2D eigenvalue weighted by atomic mass is 35.5. The van der Waals surface area contributed by atoms with Crippen molar-refractivity contribution in [2.24, 2.45) is 5.73 Å². The molecule has 0 radical (unpaired) electrons. The molecule has 29 heavy (non-hydrogen) atoms. The van der Waals surface area contributed by atoms with Crippen molar-refractivity contribution < 1.29 is 9.59 Å². The minimum Gasteiger partial charge on any atom is -0.365 e. The van der Waals surface area contributed by atoms with E-state index in [1.165, 1.54) is 60.5 Å². The standard InChI is InChI=1S/C9H9Cl.C8H11NOS.C3H6O.2C2H6/c10-9-5-4-7-2-1-3-8(7)6-9;1-2-3-6-4-5-7(11-6)8(9)10;1-3(2)4;2*1-2/h4-6H,1-3H2;4-5H,2-3H2,1H3,(H2,9,10);1-2H3;2*1-2H3. The van der Waals surface area contributed by atoms with Gasteiger partial charge in [0.2, 0.25) is 0 Å². The van der Waals surface area contributed by atoms with Crippen LogP contribution in [-0.4, -0.2) is 11.7 Å². The Morgan fingerprint density at radius 2 is 1.55 bits per heavy atom. The molecule has 1 amide bonds. The van der Waals surface area contributed by atoms with Gasteiger partial charge in [-0.2, -0.15) is 0 Å². The first-order valence-corrected chi connectivity index (χ1v) is 11.7. The number of benzene rings is 1. The van der Waals surface area contributed by atoms with E-state index in [0.717, 1.165) is 17.9 Å². The first kappa shape index (κ1) is 29.6. The summed E-state index contributed by atoms with van der Waals surface area (Å²) < 4.78 is 0. The van der Waals surface area contributed by atoms with Gasteiger partial charge in [0.25, 0.3) is 5.91 Å². The second-order valence-corrected chi connectivity index (χ2v) is 7.66. The third-order valence-corrected chi connectivity index (χ3v) is 4.86. The van der Waals surface area contributed by atoms with Gasteiger partial charge in [0.15, 0.2) is 0 Å². The fourth-order valence-corrected chi connectivity index (χ4v) is 3.59. The molecule has 1 aromatic heterocycles. The molecule has 1 aromatic carbocycles. The molecule has 5 heteroatoms. The summed E-state index contributed by atoms with van der Waals surface area (Å²) in [4.78, 5) is 22.0. The SMILES string of the molecule is CC.CC.CC(C)=O.CCCc1ccc(C(N)=O)s1.Clc1ccc2c(c1)CCC2. The minimum absolute atomic E-state index is 0.167. The van der Waals surface area contributed by atoms with Crippen LogP contribution in [0.1, 0.15) is 87.0 Å². The molecular weight excluding hydrogens is 402 g/mol. The smallest absolute Gasteiger partial charge is 0.258 e. The van der Waals surface area contributed by atoms with Crippen LogP contribution in [0.4, 0.5) is 0 Å². The fourth-order valence-electron chi connectivity index (χ4n) is 2.43. The third kappa shape index (κ3) is 14.0. The Hall–Kier alpha value is -1.65. The highest BCUT2D eigenvalue weighted by molar-refractivity contribution is 7.14. The predicted octanol–water partition coefficient (Wildman–Crippen LogP) is 7.28.